The molecule has 100 valence electrons. The first-order chi connectivity index (χ1) is 8.72. The molecule has 1 aromatic rings. The lowest BCUT2D eigenvalue weighted by atomic mass is 9.87. The number of hydrogen-bond acceptors (Lipinski definition) is 3. The SMILES string of the molecule is CCOC1(C(NC)c2cncc(F)c2)CCCC1. The van der Waals surface area contributed by atoms with E-state index in [1.165, 1.54) is 19.0 Å². The highest BCUT2D eigenvalue weighted by Crippen LogP contribution is 2.42. The third-order valence-corrected chi connectivity index (χ3v) is 3.76. The summed E-state index contributed by atoms with van der Waals surface area (Å²) in [6.07, 6.45) is 7.33. The number of rotatable bonds is 5. The van der Waals surface area contributed by atoms with Crippen molar-refractivity contribution < 1.29 is 9.13 Å². The van der Waals surface area contributed by atoms with Gasteiger partial charge in [-0.25, -0.2) is 4.39 Å². The highest BCUT2D eigenvalue weighted by Gasteiger charge is 2.42. The molecule has 1 fully saturated rings. The molecular weight excluding hydrogens is 231 g/mol. The Bertz CT molecular complexity index is 391. The Kier molecular flexibility index (Phi) is 4.30. The van der Waals surface area contributed by atoms with Crippen molar-refractivity contribution in [2.75, 3.05) is 13.7 Å². The third kappa shape index (κ3) is 2.54. The largest absolute Gasteiger partial charge is 0.373 e. The van der Waals surface area contributed by atoms with Crippen LogP contribution >= 0.6 is 0 Å². The molecule has 0 saturated heterocycles. The van der Waals surface area contributed by atoms with Crippen LogP contribution in [0.5, 0.6) is 0 Å². The van der Waals surface area contributed by atoms with Crippen LogP contribution in [0.1, 0.15) is 44.2 Å². The van der Waals surface area contributed by atoms with Gasteiger partial charge in [-0.05, 0) is 38.4 Å². The van der Waals surface area contributed by atoms with Crippen molar-refractivity contribution in [1.29, 1.82) is 0 Å². The Morgan fingerprint density at radius 2 is 2.17 bits per heavy atom. The average molecular weight is 252 g/mol. The zero-order chi connectivity index (χ0) is 13.0. The van der Waals surface area contributed by atoms with Crippen LogP contribution in [0, 0.1) is 5.82 Å². The average Bonchev–Trinajstić information content (AvgIpc) is 2.80. The Balaban J connectivity index is 2.31. The van der Waals surface area contributed by atoms with Crippen molar-refractivity contribution in [2.24, 2.45) is 0 Å². The minimum absolute atomic E-state index is 0.00292. The molecule has 4 heteroatoms. The molecule has 1 unspecified atom stereocenters. The van der Waals surface area contributed by atoms with E-state index in [-0.39, 0.29) is 17.5 Å². The lowest BCUT2D eigenvalue weighted by molar-refractivity contribution is -0.0611. The van der Waals surface area contributed by atoms with Crippen LogP contribution in [-0.4, -0.2) is 24.2 Å². The molecule has 0 aliphatic heterocycles. The van der Waals surface area contributed by atoms with Gasteiger partial charge in [0.15, 0.2) is 0 Å². The lowest BCUT2D eigenvalue weighted by Gasteiger charge is -2.37. The minimum Gasteiger partial charge on any atom is -0.373 e. The van der Waals surface area contributed by atoms with Gasteiger partial charge in [-0.15, -0.1) is 0 Å². The second-order valence-corrected chi connectivity index (χ2v) is 4.86. The fourth-order valence-corrected chi connectivity index (χ4v) is 3.10. The molecule has 1 saturated carbocycles. The number of halogens is 1. The van der Waals surface area contributed by atoms with E-state index in [0.717, 1.165) is 18.4 Å². The first-order valence-corrected chi connectivity index (χ1v) is 6.63. The first-order valence-electron chi connectivity index (χ1n) is 6.63. The molecule has 18 heavy (non-hydrogen) atoms. The van der Waals surface area contributed by atoms with Crippen molar-refractivity contribution >= 4 is 0 Å². The summed E-state index contributed by atoms with van der Waals surface area (Å²) in [5.74, 6) is -0.294. The molecule has 2 rings (SSSR count). The molecule has 0 amide bonds. The van der Waals surface area contributed by atoms with E-state index in [9.17, 15) is 4.39 Å². The summed E-state index contributed by atoms with van der Waals surface area (Å²) in [5.41, 5.74) is 0.659. The Hall–Kier alpha value is -1.00. The Morgan fingerprint density at radius 3 is 2.72 bits per heavy atom. The van der Waals surface area contributed by atoms with Gasteiger partial charge in [0.25, 0.3) is 0 Å². The van der Waals surface area contributed by atoms with Crippen LogP contribution in [0.3, 0.4) is 0 Å². The maximum atomic E-state index is 13.3. The number of hydrogen-bond donors (Lipinski definition) is 1. The summed E-state index contributed by atoms with van der Waals surface area (Å²) in [5, 5.41) is 3.28. The number of nitrogens with zero attached hydrogens (tertiary/aromatic N) is 1. The molecule has 0 spiro atoms. The predicted octanol–water partition coefficient (Wildman–Crippen LogP) is 2.83. The van der Waals surface area contributed by atoms with Gasteiger partial charge in [-0.3, -0.25) is 4.98 Å². The Labute approximate surface area is 108 Å². The third-order valence-electron chi connectivity index (χ3n) is 3.76. The molecule has 1 aliphatic rings. The van der Waals surface area contributed by atoms with Gasteiger partial charge in [0.2, 0.25) is 0 Å². The Morgan fingerprint density at radius 1 is 1.44 bits per heavy atom. The van der Waals surface area contributed by atoms with E-state index in [1.54, 1.807) is 12.3 Å². The zero-order valence-electron chi connectivity index (χ0n) is 11.1. The second-order valence-electron chi connectivity index (χ2n) is 4.86. The van der Waals surface area contributed by atoms with E-state index >= 15 is 0 Å². The number of likely N-dealkylation sites (N-methyl/N-ethyl adjacent to an activating group) is 1. The normalized spacial score (nSPS) is 19.9. The molecular formula is C14H21FN2O. The summed E-state index contributed by atoms with van der Waals surface area (Å²) in [6.45, 7) is 2.69. The highest BCUT2D eigenvalue weighted by atomic mass is 19.1. The van der Waals surface area contributed by atoms with Crippen molar-refractivity contribution in [1.82, 2.24) is 10.3 Å². The van der Waals surface area contributed by atoms with Crippen molar-refractivity contribution in [3.05, 3.63) is 29.8 Å². The first kappa shape index (κ1) is 13.4. The lowest BCUT2D eigenvalue weighted by Crippen LogP contribution is -2.43. The van der Waals surface area contributed by atoms with E-state index in [2.05, 4.69) is 10.3 Å². The highest BCUT2D eigenvalue weighted by molar-refractivity contribution is 5.20. The van der Waals surface area contributed by atoms with E-state index in [0.29, 0.717) is 6.61 Å². The zero-order valence-corrected chi connectivity index (χ0v) is 11.1. The van der Waals surface area contributed by atoms with Crippen molar-refractivity contribution in [3.8, 4) is 0 Å². The van der Waals surface area contributed by atoms with Crippen molar-refractivity contribution in [3.63, 3.8) is 0 Å². The number of pyridine rings is 1. The number of ether oxygens (including phenoxy) is 1. The van der Waals surface area contributed by atoms with E-state index < -0.39 is 0 Å². The topological polar surface area (TPSA) is 34.1 Å². The van der Waals surface area contributed by atoms with E-state index in [1.807, 2.05) is 14.0 Å². The maximum Gasteiger partial charge on any atom is 0.141 e. The maximum absolute atomic E-state index is 13.3. The van der Waals surface area contributed by atoms with Crippen LogP contribution in [-0.2, 0) is 4.74 Å². The van der Waals surface area contributed by atoms with Gasteiger partial charge >= 0.3 is 0 Å². The standard InChI is InChI=1S/C14H21FN2O/c1-3-18-14(6-4-5-7-14)13(16-2)11-8-12(15)10-17-9-11/h8-10,13,16H,3-7H2,1-2H3. The predicted molar refractivity (Wildman–Crippen MR) is 68.8 cm³/mol. The molecule has 1 heterocycles. The molecule has 0 radical (unpaired) electrons. The minimum atomic E-state index is -0.294. The van der Waals surface area contributed by atoms with E-state index in [4.69, 9.17) is 4.74 Å². The summed E-state index contributed by atoms with van der Waals surface area (Å²) < 4.78 is 19.4. The molecule has 0 bridgehead atoms. The second kappa shape index (κ2) is 5.76. The van der Waals surface area contributed by atoms with Crippen molar-refractivity contribution in [2.45, 2.75) is 44.2 Å². The van der Waals surface area contributed by atoms with Crippen LogP contribution in [0.25, 0.3) is 0 Å². The molecule has 1 atom stereocenters. The van der Waals surface area contributed by atoms with Gasteiger partial charge in [-0.2, -0.15) is 0 Å². The van der Waals surface area contributed by atoms with Crippen LogP contribution in [0.2, 0.25) is 0 Å². The van der Waals surface area contributed by atoms with Crippen LogP contribution < -0.4 is 5.32 Å². The molecule has 1 N–H and O–H groups in total. The summed E-state index contributed by atoms with van der Waals surface area (Å²) in [6, 6.07) is 1.55. The van der Waals surface area contributed by atoms with Gasteiger partial charge in [-0.1, -0.05) is 12.8 Å². The quantitative estimate of drug-likeness (QED) is 0.875. The molecule has 1 aliphatic carbocycles. The number of nitrogens with one attached hydrogen (secondary N) is 1. The monoisotopic (exact) mass is 252 g/mol. The fourth-order valence-electron chi connectivity index (χ4n) is 3.10. The molecule has 1 aromatic heterocycles. The fraction of sp³-hybridized carbons (Fsp3) is 0.643. The van der Waals surface area contributed by atoms with Gasteiger partial charge in [0, 0.05) is 12.8 Å². The van der Waals surface area contributed by atoms with Crippen LogP contribution in [0.15, 0.2) is 18.5 Å². The number of aromatic nitrogens is 1. The van der Waals surface area contributed by atoms with Gasteiger partial charge in [0.1, 0.15) is 5.82 Å². The summed E-state index contributed by atoms with van der Waals surface area (Å²) in [4.78, 5) is 3.95. The summed E-state index contributed by atoms with van der Waals surface area (Å²) >= 11 is 0. The van der Waals surface area contributed by atoms with Gasteiger partial charge in [0.05, 0.1) is 17.8 Å². The molecule has 0 aromatic carbocycles. The molecule has 3 nitrogen and oxygen atoms in total. The smallest absolute Gasteiger partial charge is 0.141 e. The van der Waals surface area contributed by atoms with Gasteiger partial charge < -0.3 is 10.1 Å². The summed E-state index contributed by atoms with van der Waals surface area (Å²) in [7, 11) is 1.90. The van der Waals surface area contributed by atoms with Crippen LogP contribution in [0.4, 0.5) is 4.39 Å².